The number of nitrogens with one attached hydrogen (secondary N) is 1. The first kappa shape index (κ1) is 21.4. The van der Waals surface area contributed by atoms with Gasteiger partial charge in [-0.1, -0.05) is 0 Å². The number of hydrogen-bond donors (Lipinski definition) is 1. The highest BCUT2D eigenvalue weighted by Crippen LogP contribution is 2.31. The maximum absolute atomic E-state index is 12.9. The van der Waals surface area contributed by atoms with Crippen LogP contribution in [0.4, 0.5) is 5.95 Å². The number of likely N-dealkylation sites (tertiary alicyclic amines) is 1. The molecule has 9 nitrogen and oxygen atoms in total. The number of carbonyl (C=O) groups excluding carboxylic acids is 2. The summed E-state index contributed by atoms with van der Waals surface area (Å²) in [4.78, 5) is 38.3. The number of hydrogen-bond acceptors (Lipinski definition) is 7. The van der Waals surface area contributed by atoms with Crippen molar-refractivity contribution in [2.24, 2.45) is 5.92 Å². The summed E-state index contributed by atoms with van der Waals surface area (Å²) in [7, 11) is 5.33. The summed E-state index contributed by atoms with van der Waals surface area (Å²) in [6.45, 7) is 3.43. The van der Waals surface area contributed by atoms with E-state index in [-0.39, 0.29) is 23.7 Å². The molecule has 0 spiro atoms. The van der Waals surface area contributed by atoms with E-state index in [0.29, 0.717) is 56.7 Å². The number of amides is 2. The van der Waals surface area contributed by atoms with Gasteiger partial charge in [-0.05, 0) is 19.3 Å². The Bertz CT molecular complexity index is 721. The Hall–Kier alpha value is -2.26. The molecule has 1 aromatic heterocycles. The van der Waals surface area contributed by atoms with Gasteiger partial charge >= 0.3 is 0 Å². The minimum Gasteiger partial charge on any atom is -0.383 e. The van der Waals surface area contributed by atoms with Crippen molar-refractivity contribution in [1.29, 1.82) is 0 Å². The Balaban J connectivity index is 1.76. The maximum atomic E-state index is 12.9. The second-order valence-electron chi connectivity index (χ2n) is 7.77. The van der Waals surface area contributed by atoms with Crippen molar-refractivity contribution in [3.05, 3.63) is 17.5 Å². The van der Waals surface area contributed by atoms with Gasteiger partial charge in [0.2, 0.25) is 11.9 Å². The number of methoxy groups -OCH3 is 1. The molecule has 0 aliphatic carbocycles. The molecule has 1 aromatic rings. The standard InChI is InChI=1S/C20H31N5O4/c1-24(2)20-22-12-16(18(26)21-7-11-28-3)17(23-20)15-4-8-25(13-15)19(27)14-5-9-29-10-6-14/h12,14-15H,4-11,13H2,1-3H3,(H,21,26). The van der Waals surface area contributed by atoms with Gasteiger partial charge < -0.3 is 24.6 Å². The van der Waals surface area contributed by atoms with Gasteiger partial charge in [0.15, 0.2) is 0 Å². The van der Waals surface area contributed by atoms with Crippen LogP contribution in [0.15, 0.2) is 6.20 Å². The SMILES string of the molecule is COCCNC(=O)c1cnc(N(C)C)nc1C1CCN(C(=O)C2CCOCC2)C1. The summed E-state index contributed by atoms with van der Waals surface area (Å²) in [6, 6.07) is 0. The van der Waals surface area contributed by atoms with E-state index in [1.54, 1.807) is 13.3 Å². The lowest BCUT2D eigenvalue weighted by Gasteiger charge is -2.26. The van der Waals surface area contributed by atoms with Crippen LogP contribution in [0.5, 0.6) is 0 Å². The van der Waals surface area contributed by atoms with Crippen LogP contribution in [0.2, 0.25) is 0 Å². The van der Waals surface area contributed by atoms with Crippen molar-refractivity contribution in [2.45, 2.75) is 25.2 Å². The molecule has 2 saturated heterocycles. The van der Waals surface area contributed by atoms with Gasteiger partial charge in [-0.15, -0.1) is 0 Å². The second kappa shape index (κ2) is 9.98. The zero-order valence-electron chi connectivity index (χ0n) is 17.5. The van der Waals surface area contributed by atoms with Crippen molar-refractivity contribution in [3.63, 3.8) is 0 Å². The van der Waals surface area contributed by atoms with Crippen LogP contribution in [-0.2, 0) is 14.3 Å². The Morgan fingerprint density at radius 2 is 2.07 bits per heavy atom. The van der Waals surface area contributed by atoms with Gasteiger partial charge in [-0.3, -0.25) is 9.59 Å². The molecule has 2 amide bonds. The molecule has 0 saturated carbocycles. The van der Waals surface area contributed by atoms with Gasteiger partial charge in [0.05, 0.1) is 17.9 Å². The van der Waals surface area contributed by atoms with Gasteiger partial charge in [-0.2, -0.15) is 0 Å². The molecule has 0 aromatic carbocycles. The summed E-state index contributed by atoms with van der Waals surface area (Å²) < 4.78 is 10.4. The molecule has 1 N–H and O–H groups in total. The van der Waals surface area contributed by atoms with Gasteiger partial charge in [0.25, 0.3) is 5.91 Å². The van der Waals surface area contributed by atoms with E-state index >= 15 is 0 Å². The van der Waals surface area contributed by atoms with E-state index in [1.165, 1.54) is 0 Å². The van der Waals surface area contributed by atoms with Gasteiger partial charge in [0, 0.05) is 72.1 Å². The molecule has 0 bridgehead atoms. The number of ether oxygens (including phenoxy) is 2. The van der Waals surface area contributed by atoms with E-state index in [9.17, 15) is 9.59 Å². The van der Waals surface area contributed by atoms with Gasteiger partial charge in [-0.25, -0.2) is 9.97 Å². The van der Waals surface area contributed by atoms with E-state index in [1.807, 2.05) is 23.9 Å². The maximum Gasteiger partial charge on any atom is 0.254 e. The average Bonchev–Trinajstić information content (AvgIpc) is 3.23. The highest BCUT2D eigenvalue weighted by molar-refractivity contribution is 5.95. The number of carbonyl (C=O) groups is 2. The third kappa shape index (κ3) is 5.22. The number of nitrogens with zero attached hydrogens (tertiary/aromatic N) is 4. The van der Waals surface area contributed by atoms with Crippen LogP contribution >= 0.6 is 0 Å². The summed E-state index contributed by atoms with van der Waals surface area (Å²) in [6.07, 6.45) is 3.94. The smallest absolute Gasteiger partial charge is 0.254 e. The van der Waals surface area contributed by atoms with Crippen LogP contribution in [0.3, 0.4) is 0 Å². The van der Waals surface area contributed by atoms with Crippen molar-refractivity contribution < 1.29 is 19.1 Å². The Kier molecular flexibility index (Phi) is 7.38. The van der Waals surface area contributed by atoms with Crippen LogP contribution in [0.25, 0.3) is 0 Å². The second-order valence-corrected chi connectivity index (χ2v) is 7.77. The van der Waals surface area contributed by atoms with Crippen LogP contribution in [-0.4, -0.2) is 87.3 Å². The fraction of sp³-hybridized carbons (Fsp3) is 0.700. The highest BCUT2D eigenvalue weighted by atomic mass is 16.5. The number of anilines is 1. The third-order valence-electron chi connectivity index (χ3n) is 5.50. The average molecular weight is 405 g/mol. The normalized spacial score (nSPS) is 20.0. The molecule has 9 heteroatoms. The van der Waals surface area contributed by atoms with Crippen molar-refractivity contribution in [1.82, 2.24) is 20.2 Å². The topological polar surface area (TPSA) is 96.9 Å². The Morgan fingerprint density at radius 3 is 2.76 bits per heavy atom. The molecule has 3 rings (SSSR count). The lowest BCUT2D eigenvalue weighted by Crippen LogP contribution is -2.37. The summed E-state index contributed by atoms with van der Waals surface area (Å²) in [5.41, 5.74) is 1.18. The molecule has 0 radical (unpaired) electrons. The molecule has 2 aliphatic rings. The fourth-order valence-electron chi connectivity index (χ4n) is 3.84. The minimum atomic E-state index is -0.212. The highest BCUT2D eigenvalue weighted by Gasteiger charge is 2.34. The molecular weight excluding hydrogens is 374 g/mol. The third-order valence-corrected chi connectivity index (χ3v) is 5.50. The predicted molar refractivity (Wildman–Crippen MR) is 108 cm³/mol. The first-order valence-electron chi connectivity index (χ1n) is 10.2. The molecule has 1 atom stereocenters. The molecule has 29 heavy (non-hydrogen) atoms. The van der Waals surface area contributed by atoms with E-state index in [2.05, 4.69) is 15.3 Å². The lowest BCUT2D eigenvalue weighted by atomic mass is 9.98. The zero-order chi connectivity index (χ0) is 20.8. The number of aromatic nitrogens is 2. The molecule has 2 fully saturated rings. The van der Waals surface area contributed by atoms with E-state index in [0.717, 1.165) is 19.3 Å². The van der Waals surface area contributed by atoms with Crippen molar-refractivity contribution in [3.8, 4) is 0 Å². The largest absolute Gasteiger partial charge is 0.383 e. The monoisotopic (exact) mass is 405 g/mol. The van der Waals surface area contributed by atoms with Gasteiger partial charge in [0.1, 0.15) is 0 Å². The van der Waals surface area contributed by atoms with E-state index < -0.39 is 0 Å². The lowest BCUT2D eigenvalue weighted by molar-refractivity contribution is -0.137. The molecule has 2 aliphatic heterocycles. The van der Waals surface area contributed by atoms with Crippen LogP contribution in [0.1, 0.15) is 41.2 Å². The summed E-state index contributed by atoms with van der Waals surface area (Å²) in [5.74, 6) is 0.605. The van der Waals surface area contributed by atoms with Crippen LogP contribution in [0, 0.1) is 5.92 Å². The first-order valence-corrected chi connectivity index (χ1v) is 10.2. The molecular formula is C20H31N5O4. The zero-order valence-corrected chi connectivity index (χ0v) is 17.5. The number of rotatable bonds is 7. The molecule has 1 unspecified atom stereocenters. The fourth-order valence-corrected chi connectivity index (χ4v) is 3.84. The molecule has 160 valence electrons. The van der Waals surface area contributed by atoms with Crippen molar-refractivity contribution >= 4 is 17.8 Å². The molecule has 3 heterocycles. The predicted octanol–water partition coefficient (Wildman–Crippen LogP) is 0.661. The summed E-state index contributed by atoms with van der Waals surface area (Å²) in [5, 5.41) is 2.85. The summed E-state index contributed by atoms with van der Waals surface area (Å²) >= 11 is 0. The van der Waals surface area contributed by atoms with Crippen LogP contribution < -0.4 is 10.2 Å². The first-order chi connectivity index (χ1) is 14.0. The minimum absolute atomic E-state index is 0.0173. The van der Waals surface area contributed by atoms with Crippen molar-refractivity contribution in [2.75, 3.05) is 65.6 Å². The van der Waals surface area contributed by atoms with E-state index in [4.69, 9.17) is 9.47 Å². The Labute approximate surface area is 171 Å². The quantitative estimate of drug-likeness (QED) is 0.666. The Morgan fingerprint density at radius 1 is 1.31 bits per heavy atom.